The van der Waals surface area contributed by atoms with E-state index in [1.807, 2.05) is 13.8 Å². The van der Waals surface area contributed by atoms with Gasteiger partial charge in [-0.2, -0.15) is 13.2 Å². The van der Waals surface area contributed by atoms with E-state index in [0.29, 0.717) is 22.4 Å². The fourth-order valence-electron chi connectivity index (χ4n) is 3.91. The Morgan fingerprint density at radius 2 is 1.50 bits per heavy atom. The van der Waals surface area contributed by atoms with Crippen molar-refractivity contribution in [2.75, 3.05) is 10.8 Å². The minimum Gasteiger partial charge on any atom is -0.352 e. The van der Waals surface area contributed by atoms with Crippen LogP contribution in [0.15, 0.2) is 89.8 Å². The van der Waals surface area contributed by atoms with Gasteiger partial charge in [0.15, 0.2) is 0 Å². The Morgan fingerprint density at radius 3 is 2.08 bits per heavy atom. The van der Waals surface area contributed by atoms with Gasteiger partial charge in [-0.3, -0.25) is 13.9 Å². The van der Waals surface area contributed by atoms with E-state index in [1.54, 1.807) is 36.4 Å². The second-order valence-corrected chi connectivity index (χ2v) is 11.2. The lowest BCUT2D eigenvalue weighted by atomic mass is 10.1. The van der Waals surface area contributed by atoms with Crippen molar-refractivity contribution in [3.63, 3.8) is 0 Å². The topological polar surface area (TPSA) is 86.8 Å². The molecule has 0 aliphatic carbocycles. The summed E-state index contributed by atoms with van der Waals surface area (Å²) in [4.78, 5) is 27.9. The molecule has 3 aromatic rings. The summed E-state index contributed by atoms with van der Waals surface area (Å²) in [6.07, 6.45) is -4.08. The number of carbonyl (C=O) groups excluding carboxylic acids is 2. The van der Waals surface area contributed by atoms with Crippen molar-refractivity contribution in [1.29, 1.82) is 0 Å². The van der Waals surface area contributed by atoms with Crippen molar-refractivity contribution in [3.8, 4) is 0 Å². The van der Waals surface area contributed by atoms with Crippen LogP contribution in [-0.4, -0.2) is 43.8 Å². The number of halogens is 3. The first-order chi connectivity index (χ1) is 18.8. The van der Waals surface area contributed by atoms with Crippen LogP contribution in [0.1, 0.15) is 38.3 Å². The van der Waals surface area contributed by atoms with E-state index in [2.05, 4.69) is 5.32 Å². The molecule has 0 aliphatic rings. The fraction of sp³-hybridized carbons (Fsp3) is 0.310. The van der Waals surface area contributed by atoms with Crippen molar-refractivity contribution < 1.29 is 31.2 Å². The third kappa shape index (κ3) is 7.62. The molecule has 0 saturated carbocycles. The summed E-state index contributed by atoms with van der Waals surface area (Å²) >= 11 is 0. The van der Waals surface area contributed by atoms with E-state index < -0.39 is 46.2 Å². The zero-order valence-electron chi connectivity index (χ0n) is 22.4. The number of hydrogen-bond acceptors (Lipinski definition) is 4. The first-order valence-electron chi connectivity index (χ1n) is 12.7. The second-order valence-electron chi connectivity index (χ2n) is 9.37. The minimum atomic E-state index is -4.73. The summed E-state index contributed by atoms with van der Waals surface area (Å²) in [5.74, 6) is -1.19. The van der Waals surface area contributed by atoms with Gasteiger partial charge in [-0.05, 0) is 56.2 Å². The lowest BCUT2D eigenvalue weighted by molar-refractivity contribution is -0.139. The maximum atomic E-state index is 13.8. The summed E-state index contributed by atoms with van der Waals surface area (Å²) < 4.78 is 68.6. The van der Waals surface area contributed by atoms with Crippen LogP contribution in [0.3, 0.4) is 0 Å². The predicted molar refractivity (Wildman–Crippen MR) is 147 cm³/mol. The Bertz CT molecular complexity index is 1400. The molecular weight excluding hydrogens is 543 g/mol. The molecule has 0 saturated heterocycles. The number of benzene rings is 3. The monoisotopic (exact) mass is 575 g/mol. The third-order valence-electron chi connectivity index (χ3n) is 6.44. The van der Waals surface area contributed by atoms with Gasteiger partial charge in [0, 0.05) is 12.6 Å². The zero-order valence-corrected chi connectivity index (χ0v) is 23.2. The Morgan fingerprint density at radius 1 is 0.900 bits per heavy atom. The van der Waals surface area contributed by atoms with Gasteiger partial charge >= 0.3 is 6.18 Å². The van der Waals surface area contributed by atoms with Gasteiger partial charge < -0.3 is 10.2 Å². The molecule has 0 heterocycles. The summed E-state index contributed by atoms with van der Waals surface area (Å²) in [5, 5.41) is 2.83. The number of nitrogens with zero attached hydrogens (tertiary/aromatic N) is 2. The molecule has 0 aliphatic heterocycles. The average Bonchev–Trinajstić information content (AvgIpc) is 2.94. The number of anilines is 1. The Hall–Kier alpha value is -3.86. The number of rotatable bonds is 11. The maximum absolute atomic E-state index is 13.8. The van der Waals surface area contributed by atoms with Crippen LogP contribution in [-0.2, 0) is 32.3 Å². The van der Waals surface area contributed by atoms with Gasteiger partial charge in [-0.25, -0.2) is 8.42 Å². The third-order valence-corrected chi connectivity index (χ3v) is 8.22. The van der Waals surface area contributed by atoms with Crippen molar-refractivity contribution in [3.05, 3.63) is 96.1 Å². The molecule has 0 fully saturated rings. The standard InChI is InChI=1S/C29H32F3N3O4S/c1-4-21(2)33-28(37)22(3)34(19-23-12-7-5-8-13-23)27(36)20-35(40(38,39)26-16-9-6-10-17-26)25-15-11-14-24(18-25)29(30,31)32/h5-18,21-22H,4,19-20H2,1-3H3,(H,33,37)/t21-,22+/m1/s1. The van der Waals surface area contributed by atoms with Crippen LogP contribution in [0.2, 0.25) is 0 Å². The molecule has 0 bridgehead atoms. The minimum absolute atomic E-state index is 0.0173. The van der Waals surface area contributed by atoms with Gasteiger partial charge in [0.2, 0.25) is 11.8 Å². The molecule has 2 atom stereocenters. The smallest absolute Gasteiger partial charge is 0.352 e. The fourth-order valence-corrected chi connectivity index (χ4v) is 5.34. The van der Waals surface area contributed by atoms with Crippen LogP contribution in [0.25, 0.3) is 0 Å². The molecule has 3 aromatic carbocycles. The van der Waals surface area contributed by atoms with Crippen molar-refractivity contribution in [2.24, 2.45) is 0 Å². The van der Waals surface area contributed by atoms with E-state index in [9.17, 15) is 31.2 Å². The quantitative estimate of drug-likeness (QED) is 0.339. The number of nitrogens with one attached hydrogen (secondary N) is 1. The van der Waals surface area contributed by atoms with E-state index in [0.717, 1.165) is 12.1 Å². The number of alkyl halides is 3. The largest absolute Gasteiger partial charge is 0.416 e. The molecule has 11 heteroatoms. The summed E-state index contributed by atoms with van der Waals surface area (Å²) in [6, 6.07) is 18.6. The Kier molecular flexibility index (Phi) is 9.97. The van der Waals surface area contributed by atoms with Crippen LogP contribution >= 0.6 is 0 Å². The van der Waals surface area contributed by atoms with Crippen molar-refractivity contribution >= 4 is 27.5 Å². The van der Waals surface area contributed by atoms with E-state index in [4.69, 9.17) is 0 Å². The summed E-state index contributed by atoms with van der Waals surface area (Å²) in [6.45, 7) is 4.39. The molecule has 0 aromatic heterocycles. The van der Waals surface area contributed by atoms with E-state index in [1.165, 1.54) is 42.2 Å². The SMILES string of the molecule is CC[C@@H](C)NC(=O)[C@H](C)N(Cc1ccccc1)C(=O)CN(c1cccc(C(F)(F)F)c1)S(=O)(=O)c1ccccc1. The number of carbonyl (C=O) groups is 2. The van der Waals surface area contributed by atoms with E-state index in [-0.39, 0.29) is 23.2 Å². The lowest BCUT2D eigenvalue weighted by Crippen LogP contribution is -2.52. The number of sulfonamides is 1. The highest BCUT2D eigenvalue weighted by atomic mass is 32.2. The molecule has 7 nitrogen and oxygen atoms in total. The molecule has 3 rings (SSSR count). The second kappa shape index (κ2) is 13.0. The average molecular weight is 576 g/mol. The van der Waals surface area contributed by atoms with Gasteiger partial charge in [0.1, 0.15) is 12.6 Å². The molecule has 0 radical (unpaired) electrons. The van der Waals surface area contributed by atoms with Crippen LogP contribution in [0.5, 0.6) is 0 Å². The maximum Gasteiger partial charge on any atom is 0.416 e. The summed E-state index contributed by atoms with van der Waals surface area (Å²) in [7, 11) is -4.47. The highest BCUT2D eigenvalue weighted by Gasteiger charge is 2.35. The predicted octanol–water partition coefficient (Wildman–Crippen LogP) is 5.23. The highest BCUT2D eigenvalue weighted by Crippen LogP contribution is 2.33. The molecule has 0 unspecified atom stereocenters. The summed E-state index contributed by atoms with van der Waals surface area (Å²) in [5.41, 5.74) is -0.702. The molecule has 214 valence electrons. The molecule has 0 spiro atoms. The first-order valence-corrected chi connectivity index (χ1v) is 14.2. The van der Waals surface area contributed by atoms with Gasteiger partial charge in [0.25, 0.3) is 10.0 Å². The Balaban J connectivity index is 2.06. The van der Waals surface area contributed by atoms with Gasteiger partial charge in [0.05, 0.1) is 16.1 Å². The highest BCUT2D eigenvalue weighted by molar-refractivity contribution is 7.92. The number of amides is 2. The van der Waals surface area contributed by atoms with Gasteiger partial charge in [-0.15, -0.1) is 0 Å². The van der Waals surface area contributed by atoms with Crippen LogP contribution in [0.4, 0.5) is 18.9 Å². The molecule has 1 N–H and O–H groups in total. The van der Waals surface area contributed by atoms with E-state index >= 15 is 0 Å². The van der Waals surface area contributed by atoms with Crippen LogP contribution in [0, 0.1) is 0 Å². The Labute approximate surface area is 232 Å². The van der Waals surface area contributed by atoms with Crippen LogP contribution < -0.4 is 9.62 Å². The number of hydrogen-bond donors (Lipinski definition) is 1. The molecule has 40 heavy (non-hydrogen) atoms. The first kappa shape index (κ1) is 30.7. The normalized spacial score (nSPS) is 13.2. The van der Waals surface area contributed by atoms with Crippen molar-refractivity contribution in [1.82, 2.24) is 10.2 Å². The van der Waals surface area contributed by atoms with Gasteiger partial charge in [-0.1, -0.05) is 61.5 Å². The van der Waals surface area contributed by atoms with Crippen molar-refractivity contribution in [2.45, 2.75) is 56.9 Å². The zero-order chi connectivity index (χ0) is 29.5. The molecule has 2 amide bonds. The molecular formula is C29H32F3N3O4S. The lowest BCUT2D eigenvalue weighted by Gasteiger charge is -2.32.